The van der Waals surface area contributed by atoms with E-state index >= 15 is 0 Å². The third-order valence-corrected chi connectivity index (χ3v) is 4.49. The lowest BCUT2D eigenvalue weighted by atomic mass is 10.1. The smallest absolute Gasteiger partial charge is 0.261 e. The summed E-state index contributed by atoms with van der Waals surface area (Å²) >= 11 is 0. The maximum atomic E-state index is 13.2. The number of benzene rings is 3. The highest BCUT2D eigenvalue weighted by Gasteiger charge is 2.14. The minimum atomic E-state index is -3.79. The van der Waals surface area contributed by atoms with E-state index in [0.717, 1.165) is 16.8 Å². The standard InChI is InChI=1S/C16H12FNO2S/c17-14-6-3-7-16(11-14)21(19,20)18-15-9-8-12-4-1-2-5-13(12)10-15/h1-11,18H. The molecule has 0 bridgehead atoms. The van der Waals surface area contributed by atoms with Crippen molar-refractivity contribution < 1.29 is 12.8 Å². The number of anilines is 1. The molecule has 0 amide bonds. The van der Waals surface area contributed by atoms with Gasteiger partial charge in [0.15, 0.2) is 0 Å². The fourth-order valence-electron chi connectivity index (χ4n) is 2.10. The summed E-state index contributed by atoms with van der Waals surface area (Å²) in [6, 6.07) is 17.8. The highest BCUT2D eigenvalue weighted by atomic mass is 32.2. The van der Waals surface area contributed by atoms with Gasteiger partial charge >= 0.3 is 0 Å². The van der Waals surface area contributed by atoms with Crippen LogP contribution in [0, 0.1) is 5.82 Å². The predicted octanol–water partition coefficient (Wildman–Crippen LogP) is 3.78. The van der Waals surface area contributed by atoms with Crippen molar-refractivity contribution in [1.29, 1.82) is 0 Å². The normalized spacial score (nSPS) is 11.5. The van der Waals surface area contributed by atoms with Crippen molar-refractivity contribution in [3.05, 3.63) is 72.5 Å². The van der Waals surface area contributed by atoms with Gasteiger partial charge in [0.1, 0.15) is 5.82 Å². The molecular weight excluding hydrogens is 289 g/mol. The molecule has 1 N–H and O–H groups in total. The van der Waals surface area contributed by atoms with Crippen molar-refractivity contribution in [2.75, 3.05) is 4.72 Å². The molecule has 0 unspecified atom stereocenters. The molecule has 3 aromatic rings. The minimum absolute atomic E-state index is 0.101. The van der Waals surface area contributed by atoms with E-state index in [2.05, 4.69) is 4.72 Å². The number of sulfonamides is 1. The zero-order chi connectivity index (χ0) is 14.9. The first-order valence-corrected chi connectivity index (χ1v) is 7.80. The van der Waals surface area contributed by atoms with E-state index in [1.165, 1.54) is 18.2 Å². The molecule has 0 aliphatic heterocycles. The van der Waals surface area contributed by atoms with Crippen LogP contribution in [0.5, 0.6) is 0 Å². The number of nitrogens with one attached hydrogen (secondary N) is 1. The molecular formula is C16H12FNO2S. The molecule has 0 spiro atoms. The molecule has 0 radical (unpaired) electrons. The van der Waals surface area contributed by atoms with Crippen LogP contribution in [-0.2, 0) is 10.0 Å². The first-order valence-electron chi connectivity index (χ1n) is 6.32. The third kappa shape index (κ3) is 2.87. The topological polar surface area (TPSA) is 46.2 Å². The van der Waals surface area contributed by atoms with Gasteiger partial charge in [0, 0.05) is 5.69 Å². The largest absolute Gasteiger partial charge is 0.280 e. The maximum absolute atomic E-state index is 13.2. The van der Waals surface area contributed by atoms with Crippen molar-refractivity contribution >= 4 is 26.5 Å². The Kier molecular flexibility index (Phi) is 3.35. The van der Waals surface area contributed by atoms with Gasteiger partial charge in [-0.1, -0.05) is 36.4 Å². The summed E-state index contributed by atoms with van der Waals surface area (Å²) in [6.07, 6.45) is 0. The van der Waals surface area contributed by atoms with Gasteiger partial charge in [0.2, 0.25) is 0 Å². The van der Waals surface area contributed by atoms with Crippen LogP contribution in [0.25, 0.3) is 10.8 Å². The highest BCUT2D eigenvalue weighted by molar-refractivity contribution is 7.92. The lowest BCUT2D eigenvalue weighted by molar-refractivity contribution is 0.595. The van der Waals surface area contributed by atoms with Crippen molar-refractivity contribution in [3.63, 3.8) is 0 Å². The first kappa shape index (κ1) is 13.6. The van der Waals surface area contributed by atoms with Gasteiger partial charge < -0.3 is 0 Å². The molecule has 0 aromatic heterocycles. The molecule has 5 heteroatoms. The van der Waals surface area contributed by atoms with Crippen molar-refractivity contribution in [3.8, 4) is 0 Å². The number of hydrogen-bond donors (Lipinski definition) is 1. The van der Waals surface area contributed by atoms with Crippen LogP contribution in [0.4, 0.5) is 10.1 Å². The monoisotopic (exact) mass is 301 g/mol. The minimum Gasteiger partial charge on any atom is -0.280 e. The van der Waals surface area contributed by atoms with Crippen LogP contribution in [-0.4, -0.2) is 8.42 Å². The first-order chi connectivity index (χ1) is 10.0. The molecule has 3 nitrogen and oxygen atoms in total. The van der Waals surface area contributed by atoms with Crippen LogP contribution < -0.4 is 4.72 Å². The summed E-state index contributed by atoms with van der Waals surface area (Å²) in [5, 5.41) is 1.95. The van der Waals surface area contributed by atoms with Crippen molar-refractivity contribution in [2.45, 2.75) is 4.90 Å². The summed E-state index contributed by atoms with van der Waals surface area (Å²) in [7, 11) is -3.79. The highest BCUT2D eigenvalue weighted by Crippen LogP contribution is 2.21. The van der Waals surface area contributed by atoms with Gasteiger partial charge in [-0.05, 0) is 41.1 Å². The zero-order valence-electron chi connectivity index (χ0n) is 11.0. The fourth-order valence-corrected chi connectivity index (χ4v) is 3.18. The molecule has 21 heavy (non-hydrogen) atoms. The van der Waals surface area contributed by atoms with Gasteiger partial charge in [0.05, 0.1) is 4.90 Å². The Morgan fingerprint density at radius 3 is 2.33 bits per heavy atom. The Bertz CT molecular complexity index is 907. The summed E-state index contributed by atoms with van der Waals surface area (Å²) in [5.41, 5.74) is 0.443. The molecule has 106 valence electrons. The maximum Gasteiger partial charge on any atom is 0.261 e. The number of halogens is 1. The Balaban J connectivity index is 1.97. The van der Waals surface area contributed by atoms with Crippen molar-refractivity contribution in [1.82, 2.24) is 0 Å². The lowest BCUT2D eigenvalue weighted by Crippen LogP contribution is -2.13. The van der Waals surface area contributed by atoms with Crippen LogP contribution in [0.15, 0.2) is 71.6 Å². The van der Waals surface area contributed by atoms with E-state index in [0.29, 0.717) is 5.69 Å². The molecule has 0 heterocycles. The second-order valence-electron chi connectivity index (χ2n) is 4.62. The average molecular weight is 301 g/mol. The van der Waals surface area contributed by atoms with E-state index < -0.39 is 15.8 Å². The summed E-state index contributed by atoms with van der Waals surface area (Å²) in [6.45, 7) is 0. The Hall–Kier alpha value is -2.40. The van der Waals surface area contributed by atoms with Crippen LogP contribution in [0.1, 0.15) is 0 Å². The third-order valence-electron chi connectivity index (χ3n) is 3.11. The Morgan fingerprint density at radius 1 is 0.810 bits per heavy atom. The van der Waals surface area contributed by atoms with Gasteiger partial charge in [-0.15, -0.1) is 0 Å². The van der Waals surface area contributed by atoms with Crippen LogP contribution in [0.3, 0.4) is 0 Å². The zero-order valence-corrected chi connectivity index (χ0v) is 11.8. The van der Waals surface area contributed by atoms with Crippen LogP contribution >= 0.6 is 0 Å². The fraction of sp³-hybridized carbons (Fsp3) is 0. The molecule has 3 aromatic carbocycles. The molecule has 0 saturated heterocycles. The molecule has 0 fully saturated rings. The van der Waals surface area contributed by atoms with Crippen molar-refractivity contribution in [2.24, 2.45) is 0 Å². The number of hydrogen-bond acceptors (Lipinski definition) is 2. The molecule has 0 atom stereocenters. The lowest BCUT2D eigenvalue weighted by Gasteiger charge is -2.09. The summed E-state index contributed by atoms with van der Waals surface area (Å²) in [5.74, 6) is -0.587. The SMILES string of the molecule is O=S(=O)(Nc1ccc2ccccc2c1)c1cccc(F)c1. The molecule has 0 aliphatic rings. The molecule has 0 saturated carbocycles. The summed E-state index contributed by atoms with van der Waals surface area (Å²) in [4.78, 5) is -0.101. The van der Waals surface area contributed by atoms with E-state index in [9.17, 15) is 12.8 Å². The van der Waals surface area contributed by atoms with E-state index in [1.54, 1.807) is 12.1 Å². The summed E-state index contributed by atoms with van der Waals surface area (Å²) < 4.78 is 40.0. The second-order valence-corrected chi connectivity index (χ2v) is 6.31. The van der Waals surface area contributed by atoms with Gasteiger partial charge in [-0.3, -0.25) is 4.72 Å². The Morgan fingerprint density at radius 2 is 1.57 bits per heavy atom. The van der Waals surface area contributed by atoms with Crippen LogP contribution in [0.2, 0.25) is 0 Å². The van der Waals surface area contributed by atoms with Gasteiger partial charge in [0.25, 0.3) is 10.0 Å². The second kappa shape index (κ2) is 5.18. The van der Waals surface area contributed by atoms with Gasteiger partial charge in [-0.25, -0.2) is 12.8 Å². The number of fused-ring (bicyclic) bond motifs is 1. The van der Waals surface area contributed by atoms with E-state index in [4.69, 9.17) is 0 Å². The van der Waals surface area contributed by atoms with E-state index in [-0.39, 0.29) is 4.90 Å². The quantitative estimate of drug-likeness (QED) is 0.800. The Labute approximate surface area is 122 Å². The number of rotatable bonds is 3. The molecule has 0 aliphatic carbocycles. The van der Waals surface area contributed by atoms with E-state index in [1.807, 2.05) is 30.3 Å². The predicted molar refractivity (Wildman–Crippen MR) is 81.2 cm³/mol. The average Bonchev–Trinajstić information content (AvgIpc) is 2.47. The molecule has 3 rings (SSSR count). The van der Waals surface area contributed by atoms with Gasteiger partial charge in [-0.2, -0.15) is 0 Å².